The number of halogens is 3. The molecule has 2 fully saturated rings. The number of hydrogen-bond donors (Lipinski definition) is 1. The summed E-state index contributed by atoms with van der Waals surface area (Å²) in [6.07, 6.45) is -2.01. The number of sulfonamides is 1. The van der Waals surface area contributed by atoms with E-state index < -0.39 is 21.8 Å². The molecule has 166 valence electrons. The number of piperazine rings is 1. The van der Waals surface area contributed by atoms with Gasteiger partial charge in [-0.15, -0.1) is 0 Å². The second-order valence-corrected chi connectivity index (χ2v) is 9.32. The summed E-state index contributed by atoms with van der Waals surface area (Å²) in [5.41, 5.74) is -0.532. The van der Waals surface area contributed by atoms with Gasteiger partial charge in [-0.1, -0.05) is 6.07 Å². The largest absolute Gasteiger partial charge is 0.417 e. The summed E-state index contributed by atoms with van der Waals surface area (Å²) in [4.78, 5) is 20.2. The molecule has 0 unspecified atom stereocenters. The number of pyridine rings is 1. The van der Waals surface area contributed by atoms with Gasteiger partial charge in [-0.25, -0.2) is 18.1 Å². The lowest BCUT2D eigenvalue weighted by atomic mass is 10.2. The number of carbonyl (C=O) groups excluding carboxylic acids is 1. The van der Waals surface area contributed by atoms with Crippen LogP contribution in [0, 0.1) is 0 Å². The number of alkyl halides is 3. The number of carbonyl (C=O) groups is 1. The molecule has 1 aromatic heterocycles. The molecule has 0 atom stereocenters. The van der Waals surface area contributed by atoms with Gasteiger partial charge >= 0.3 is 6.18 Å². The first-order chi connectivity index (χ1) is 14.6. The zero-order chi connectivity index (χ0) is 22.2. The predicted molar refractivity (Wildman–Crippen MR) is 107 cm³/mol. The maximum Gasteiger partial charge on any atom is 0.417 e. The van der Waals surface area contributed by atoms with Crippen LogP contribution in [0.4, 0.5) is 19.0 Å². The van der Waals surface area contributed by atoms with Gasteiger partial charge in [0.1, 0.15) is 5.82 Å². The minimum Gasteiger partial charge on any atom is -0.353 e. The van der Waals surface area contributed by atoms with Gasteiger partial charge in [0.2, 0.25) is 10.0 Å². The number of anilines is 1. The monoisotopic (exact) mass is 454 g/mol. The summed E-state index contributed by atoms with van der Waals surface area (Å²) < 4.78 is 65.5. The van der Waals surface area contributed by atoms with Crippen LogP contribution in [0.5, 0.6) is 0 Å². The van der Waals surface area contributed by atoms with Gasteiger partial charge in [-0.3, -0.25) is 4.79 Å². The van der Waals surface area contributed by atoms with E-state index in [4.69, 9.17) is 0 Å². The molecule has 1 saturated heterocycles. The molecule has 31 heavy (non-hydrogen) atoms. The van der Waals surface area contributed by atoms with Crippen molar-refractivity contribution < 1.29 is 26.4 Å². The van der Waals surface area contributed by atoms with Crippen molar-refractivity contribution in [3.63, 3.8) is 0 Å². The summed E-state index contributed by atoms with van der Waals surface area (Å²) in [5.74, 6) is 0.128. The highest BCUT2D eigenvalue weighted by Crippen LogP contribution is 2.29. The summed E-state index contributed by atoms with van der Waals surface area (Å²) in [5, 5.41) is 0. The van der Waals surface area contributed by atoms with Crippen LogP contribution in [0.25, 0.3) is 0 Å². The van der Waals surface area contributed by atoms with E-state index in [1.165, 1.54) is 24.3 Å². The van der Waals surface area contributed by atoms with E-state index >= 15 is 0 Å². The molecule has 1 N–H and O–H groups in total. The fourth-order valence-corrected chi connectivity index (χ4v) is 4.70. The average Bonchev–Trinajstić information content (AvgIpc) is 3.56. The Morgan fingerprint density at radius 3 is 2.35 bits per heavy atom. The maximum atomic E-state index is 12.9. The topological polar surface area (TPSA) is 82.6 Å². The minimum atomic E-state index is -4.44. The molecule has 2 aromatic rings. The Hall–Kier alpha value is -2.66. The Morgan fingerprint density at radius 2 is 1.77 bits per heavy atom. The van der Waals surface area contributed by atoms with Crippen LogP contribution in [-0.2, 0) is 16.2 Å². The minimum absolute atomic E-state index is 0.0313. The van der Waals surface area contributed by atoms with Gasteiger partial charge in [-0.2, -0.15) is 13.2 Å². The molecule has 11 heteroatoms. The molecule has 2 heterocycles. The van der Waals surface area contributed by atoms with Crippen LogP contribution in [-0.4, -0.2) is 56.4 Å². The number of nitrogens with zero attached hydrogens (tertiary/aromatic N) is 3. The number of aromatic nitrogens is 1. The first kappa shape index (κ1) is 21.6. The Kier molecular flexibility index (Phi) is 5.65. The number of amides is 1. The molecule has 1 aromatic carbocycles. The van der Waals surface area contributed by atoms with E-state index in [1.54, 1.807) is 11.0 Å². The molecular formula is C20H21F3N4O3S. The molecule has 1 saturated carbocycles. The molecule has 0 spiro atoms. The lowest BCUT2D eigenvalue weighted by Gasteiger charge is -2.35. The lowest BCUT2D eigenvalue weighted by molar-refractivity contribution is -0.137. The summed E-state index contributed by atoms with van der Waals surface area (Å²) >= 11 is 0. The van der Waals surface area contributed by atoms with E-state index in [9.17, 15) is 26.4 Å². The summed E-state index contributed by atoms with van der Waals surface area (Å²) in [6.45, 7) is 1.51. The lowest BCUT2D eigenvalue weighted by Crippen LogP contribution is -2.49. The fourth-order valence-electron chi connectivity index (χ4n) is 3.35. The quantitative estimate of drug-likeness (QED) is 0.751. The fraction of sp³-hybridized carbons (Fsp3) is 0.400. The molecule has 0 radical (unpaired) electrons. The molecular weight excluding hydrogens is 433 g/mol. The van der Waals surface area contributed by atoms with Crippen LogP contribution in [0.1, 0.15) is 28.8 Å². The highest BCUT2D eigenvalue weighted by Gasteiger charge is 2.32. The first-order valence-corrected chi connectivity index (χ1v) is 11.3. The second kappa shape index (κ2) is 8.12. The highest BCUT2D eigenvalue weighted by atomic mass is 32.2. The third-order valence-electron chi connectivity index (χ3n) is 5.26. The van der Waals surface area contributed by atoms with Crippen LogP contribution in [0.2, 0.25) is 0 Å². The molecule has 2 aliphatic rings. The molecule has 0 bridgehead atoms. The normalized spacial score (nSPS) is 17.6. The van der Waals surface area contributed by atoms with Gasteiger partial charge < -0.3 is 9.80 Å². The van der Waals surface area contributed by atoms with Crippen molar-refractivity contribution in [1.82, 2.24) is 14.6 Å². The van der Waals surface area contributed by atoms with Gasteiger partial charge in [0.15, 0.2) is 0 Å². The molecule has 1 aliphatic carbocycles. The van der Waals surface area contributed by atoms with Crippen molar-refractivity contribution in [3.05, 3.63) is 53.7 Å². The Balaban J connectivity index is 1.40. The standard InChI is InChI=1S/C20H21F3N4O3S/c21-20(22,23)15-4-7-18(24-13-15)26-8-10-27(11-9-26)19(28)14-2-1-3-17(12-14)31(29,30)25-16-5-6-16/h1-4,7,12-13,16,25H,5-6,8-11H2. The van der Waals surface area contributed by atoms with Crippen molar-refractivity contribution >= 4 is 21.7 Å². The second-order valence-electron chi connectivity index (χ2n) is 7.61. The van der Waals surface area contributed by atoms with E-state index in [0.717, 1.165) is 25.1 Å². The predicted octanol–water partition coefficient (Wildman–Crippen LogP) is 2.50. The number of rotatable bonds is 5. The van der Waals surface area contributed by atoms with Crippen LogP contribution in [0.3, 0.4) is 0 Å². The van der Waals surface area contributed by atoms with E-state index in [-0.39, 0.29) is 22.4 Å². The first-order valence-electron chi connectivity index (χ1n) is 9.83. The van der Waals surface area contributed by atoms with Crippen molar-refractivity contribution in [3.8, 4) is 0 Å². The zero-order valence-electron chi connectivity index (χ0n) is 16.5. The van der Waals surface area contributed by atoms with Crippen molar-refractivity contribution in [2.24, 2.45) is 0 Å². The smallest absolute Gasteiger partial charge is 0.353 e. The SMILES string of the molecule is O=C(c1cccc(S(=O)(=O)NC2CC2)c1)N1CCN(c2ccc(C(F)(F)F)cn2)CC1. The highest BCUT2D eigenvalue weighted by molar-refractivity contribution is 7.89. The summed E-state index contributed by atoms with van der Waals surface area (Å²) in [7, 11) is -3.66. The average molecular weight is 454 g/mol. The van der Waals surface area contributed by atoms with E-state index in [2.05, 4.69) is 9.71 Å². The third-order valence-corrected chi connectivity index (χ3v) is 6.77. The summed E-state index contributed by atoms with van der Waals surface area (Å²) in [6, 6.07) is 8.21. The molecule has 4 rings (SSSR count). The van der Waals surface area contributed by atoms with Crippen LogP contribution < -0.4 is 9.62 Å². The van der Waals surface area contributed by atoms with E-state index in [1.807, 2.05) is 4.90 Å². The third kappa shape index (κ3) is 4.99. The van der Waals surface area contributed by atoms with Gasteiger partial charge in [-0.05, 0) is 43.2 Å². The molecule has 7 nitrogen and oxygen atoms in total. The van der Waals surface area contributed by atoms with Gasteiger partial charge in [0, 0.05) is 44.0 Å². The maximum absolute atomic E-state index is 12.9. The molecule has 1 aliphatic heterocycles. The zero-order valence-corrected chi connectivity index (χ0v) is 17.3. The van der Waals surface area contributed by atoms with Gasteiger partial charge in [0.05, 0.1) is 10.5 Å². The van der Waals surface area contributed by atoms with Crippen molar-refractivity contribution in [2.45, 2.75) is 30.0 Å². The van der Waals surface area contributed by atoms with Crippen molar-refractivity contribution in [2.75, 3.05) is 31.1 Å². The number of benzene rings is 1. The number of nitrogens with one attached hydrogen (secondary N) is 1. The Morgan fingerprint density at radius 1 is 1.06 bits per heavy atom. The van der Waals surface area contributed by atoms with Gasteiger partial charge in [0.25, 0.3) is 5.91 Å². The van der Waals surface area contributed by atoms with Crippen molar-refractivity contribution in [1.29, 1.82) is 0 Å². The molecule has 1 amide bonds. The Labute approximate surface area is 177 Å². The van der Waals surface area contributed by atoms with E-state index in [0.29, 0.717) is 32.0 Å². The Bertz CT molecular complexity index is 1060. The van der Waals surface area contributed by atoms with Crippen LogP contribution in [0.15, 0.2) is 47.5 Å². The van der Waals surface area contributed by atoms with Crippen LogP contribution >= 0.6 is 0 Å². The number of hydrogen-bond acceptors (Lipinski definition) is 5.